The van der Waals surface area contributed by atoms with Crippen molar-refractivity contribution in [2.24, 2.45) is 0 Å². The lowest BCUT2D eigenvalue weighted by Gasteiger charge is -2.05. The Labute approximate surface area is 109 Å². The van der Waals surface area contributed by atoms with Crippen LogP contribution in [0.2, 0.25) is 0 Å². The van der Waals surface area contributed by atoms with Gasteiger partial charge in [-0.05, 0) is 25.1 Å². The van der Waals surface area contributed by atoms with Crippen LogP contribution in [0, 0.1) is 6.92 Å². The summed E-state index contributed by atoms with van der Waals surface area (Å²) in [5.41, 5.74) is 3.28. The highest BCUT2D eigenvalue weighted by molar-refractivity contribution is 6.11. The van der Waals surface area contributed by atoms with Crippen LogP contribution in [0.4, 0.5) is 0 Å². The summed E-state index contributed by atoms with van der Waals surface area (Å²) >= 11 is 0. The number of rotatable bonds is 1. The summed E-state index contributed by atoms with van der Waals surface area (Å²) in [6, 6.07) is 8.34. The molecule has 1 aromatic heterocycles. The molecule has 0 atom stereocenters. The fourth-order valence-electron chi connectivity index (χ4n) is 2.65. The third-order valence-electron chi connectivity index (χ3n) is 3.55. The van der Waals surface area contributed by atoms with Gasteiger partial charge in [-0.1, -0.05) is 11.6 Å². The maximum atomic E-state index is 5.58. The maximum absolute atomic E-state index is 5.58. The van der Waals surface area contributed by atoms with E-state index in [1.807, 2.05) is 6.07 Å². The summed E-state index contributed by atoms with van der Waals surface area (Å²) < 4.78 is 16.5. The van der Waals surface area contributed by atoms with Gasteiger partial charge >= 0.3 is 0 Å². The lowest BCUT2D eigenvalue weighted by molar-refractivity contribution is 0.172. The van der Waals surface area contributed by atoms with Crippen LogP contribution in [0.1, 0.15) is 5.56 Å². The summed E-state index contributed by atoms with van der Waals surface area (Å²) in [5, 5.41) is 2.27. The molecule has 0 saturated carbocycles. The average Bonchev–Trinajstić information content (AvgIpc) is 3.01. The summed E-state index contributed by atoms with van der Waals surface area (Å²) in [6.07, 6.45) is 0. The first-order valence-electron chi connectivity index (χ1n) is 6.16. The Morgan fingerprint density at radius 2 is 1.95 bits per heavy atom. The number of ether oxygens (including phenoxy) is 3. The Morgan fingerprint density at radius 1 is 1.11 bits per heavy atom. The van der Waals surface area contributed by atoms with Crippen molar-refractivity contribution in [1.82, 2.24) is 4.98 Å². The van der Waals surface area contributed by atoms with E-state index >= 15 is 0 Å². The van der Waals surface area contributed by atoms with Gasteiger partial charge in [0.15, 0.2) is 11.5 Å². The van der Waals surface area contributed by atoms with Crippen molar-refractivity contribution in [2.75, 3.05) is 13.9 Å². The first kappa shape index (κ1) is 10.6. The van der Waals surface area contributed by atoms with Crippen LogP contribution < -0.4 is 14.2 Å². The van der Waals surface area contributed by atoms with Gasteiger partial charge in [0.25, 0.3) is 0 Å². The number of aromatic amines is 1. The van der Waals surface area contributed by atoms with Gasteiger partial charge in [-0.25, -0.2) is 0 Å². The monoisotopic (exact) mass is 255 g/mol. The standard InChI is InChI=1S/C15H13NO3/c1-8-3-4-11-9(5-8)10-6-12(17-2)14-15(13(10)16-11)19-7-18-14/h3-6,16H,7H2,1-2H3. The molecule has 96 valence electrons. The minimum atomic E-state index is 0.235. The Kier molecular flexibility index (Phi) is 1.98. The average molecular weight is 255 g/mol. The molecule has 4 nitrogen and oxygen atoms in total. The number of H-pyrrole nitrogens is 1. The van der Waals surface area contributed by atoms with Crippen LogP contribution in [0.25, 0.3) is 21.8 Å². The molecule has 0 fully saturated rings. The highest BCUT2D eigenvalue weighted by atomic mass is 16.7. The highest BCUT2D eigenvalue weighted by Crippen LogP contribution is 2.47. The molecule has 0 aliphatic carbocycles. The molecule has 2 aromatic carbocycles. The number of hydrogen-bond acceptors (Lipinski definition) is 3. The Bertz CT molecular complexity index is 804. The van der Waals surface area contributed by atoms with Crippen LogP contribution in [-0.2, 0) is 0 Å². The van der Waals surface area contributed by atoms with Crippen molar-refractivity contribution in [3.63, 3.8) is 0 Å². The van der Waals surface area contributed by atoms with Crippen molar-refractivity contribution in [2.45, 2.75) is 6.92 Å². The predicted molar refractivity (Wildman–Crippen MR) is 73.2 cm³/mol. The molecule has 4 rings (SSSR count). The van der Waals surface area contributed by atoms with E-state index in [9.17, 15) is 0 Å². The predicted octanol–water partition coefficient (Wildman–Crippen LogP) is 3.37. The fraction of sp³-hybridized carbons (Fsp3) is 0.200. The molecule has 0 amide bonds. The molecule has 0 saturated heterocycles. The van der Waals surface area contributed by atoms with Crippen molar-refractivity contribution < 1.29 is 14.2 Å². The summed E-state index contributed by atoms with van der Waals surface area (Å²) in [7, 11) is 1.64. The van der Waals surface area contributed by atoms with E-state index in [1.54, 1.807) is 7.11 Å². The SMILES string of the molecule is COc1cc2c([nH]c3ccc(C)cc32)c2c1OCO2. The van der Waals surface area contributed by atoms with Crippen LogP contribution >= 0.6 is 0 Å². The minimum Gasteiger partial charge on any atom is -0.493 e. The summed E-state index contributed by atoms with van der Waals surface area (Å²) in [4.78, 5) is 3.40. The second-order valence-electron chi connectivity index (χ2n) is 4.74. The van der Waals surface area contributed by atoms with Gasteiger partial charge in [0.05, 0.1) is 12.6 Å². The molecule has 3 aromatic rings. The van der Waals surface area contributed by atoms with Crippen molar-refractivity contribution >= 4 is 21.8 Å². The van der Waals surface area contributed by atoms with E-state index in [2.05, 4.69) is 30.1 Å². The Morgan fingerprint density at radius 3 is 2.79 bits per heavy atom. The molecule has 4 heteroatoms. The van der Waals surface area contributed by atoms with Crippen LogP contribution in [0.5, 0.6) is 17.2 Å². The fourth-order valence-corrected chi connectivity index (χ4v) is 2.65. The van der Waals surface area contributed by atoms with Gasteiger partial charge in [-0.15, -0.1) is 0 Å². The zero-order valence-electron chi connectivity index (χ0n) is 10.7. The van der Waals surface area contributed by atoms with Crippen LogP contribution in [-0.4, -0.2) is 18.9 Å². The van der Waals surface area contributed by atoms with Gasteiger partial charge in [-0.3, -0.25) is 0 Å². The number of hydrogen-bond donors (Lipinski definition) is 1. The van der Waals surface area contributed by atoms with Gasteiger partial charge < -0.3 is 19.2 Å². The van der Waals surface area contributed by atoms with Crippen molar-refractivity contribution in [3.8, 4) is 17.2 Å². The second kappa shape index (κ2) is 3.57. The molecule has 1 aliphatic heterocycles. The highest BCUT2D eigenvalue weighted by Gasteiger charge is 2.24. The molecular formula is C15H13NO3. The van der Waals surface area contributed by atoms with E-state index in [-0.39, 0.29) is 6.79 Å². The normalized spacial score (nSPS) is 13.4. The number of benzene rings is 2. The quantitative estimate of drug-likeness (QED) is 0.725. The largest absolute Gasteiger partial charge is 0.493 e. The molecule has 0 unspecified atom stereocenters. The molecule has 0 bridgehead atoms. The lowest BCUT2D eigenvalue weighted by Crippen LogP contribution is -1.93. The molecule has 0 spiro atoms. The van der Waals surface area contributed by atoms with E-state index < -0.39 is 0 Å². The van der Waals surface area contributed by atoms with Gasteiger partial charge in [0, 0.05) is 16.3 Å². The van der Waals surface area contributed by atoms with E-state index in [4.69, 9.17) is 14.2 Å². The Balaban J connectivity index is 2.19. The molecule has 2 heterocycles. The number of aromatic nitrogens is 1. The first-order valence-corrected chi connectivity index (χ1v) is 6.16. The van der Waals surface area contributed by atoms with E-state index in [0.717, 1.165) is 22.2 Å². The summed E-state index contributed by atoms with van der Waals surface area (Å²) in [6.45, 7) is 2.32. The van der Waals surface area contributed by atoms with E-state index in [0.29, 0.717) is 11.5 Å². The number of nitrogens with one attached hydrogen (secondary N) is 1. The third-order valence-corrected chi connectivity index (χ3v) is 3.55. The molecule has 1 N–H and O–H groups in total. The molecule has 19 heavy (non-hydrogen) atoms. The molecule has 1 aliphatic rings. The van der Waals surface area contributed by atoms with E-state index in [1.165, 1.54) is 10.9 Å². The maximum Gasteiger partial charge on any atom is 0.231 e. The number of methoxy groups -OCH3 is 1. The third kappa shape index (κ3) is 1.34. The zero-order chi connectivity index (χ0) is 13.0. The lowest BCUT2D eigenvalue weighted by atomic mass is 10.1. The minimum absolute atomic E-state index is 0.235. The topological polar surface area (TPSA) is 43.5 Å². The summed E-state index contributed by atoms with van der Waals surface area (Å²) in [5.74, 6) is 2.13. The zero-order valence-corrected chi connectivity index (χ0v) is 10.7. The van der Waals surface area contributed by atoms with Crippen molar-refractivity contribution in [1.29, 1.82) is 0 Å². The van der Waals surface area contributed by atoms with Crippen LogP contribution in [0.3, 0.4) is 0 Å². The first-order chi connectivity index (χ1) is 9.28. The smallest absolute Gasteiger partial charge is 0.231 e. The van der Waals surface area contributed by atoms with Gasteiger partial charge in [0.2, 0.25) is 12.5 Å². The van der Waals surface area contributed by atoms with Gasteiger partial charge in [-0.2, -0.15) is 0 Å². The number of aryl methyl sites for hydroxylation is 1. The van der Waals surface area contributed by atoms with Crippen molar-refractivity contribution in [3.05, 3.63) is 29.8 Å². The Hall–Kier alpha value is -2.36. The molecule has 0 radical (unpaired) electrons. The van der Waals surface area contributed by atoms with Crippen LogP contribution in [0.15, 0.2) is 24.3 Å². The number of fused-ring (bicyclic) bond motifs is 5. The molecular weight excluding hydrogens is 242 g/mol. The second-order valence-corrected chi connectivity index (χ2v) is 4.74. The van der Waals surface area contributed by atoms with Gasteiger partial charge in [0.1, 0.15) is 0 Å².